The Balaban J connectivity index is 1.54. The third-order valence-corrected chi connectivity index (χ3v) is 4.82. The van der Waals surface area contributed by atoms with Crippen molar-refractivity contribution in [3.8, 4) is 0 Å². The van der Waals surface area contributed by atoms with E-state index >= 15 is 0 Å². The van der Waals surface area contributed by atoms with Crippen LogP contribution in [0.3, 0.4) is 0 Å². The van der Waals surface area contributed by atoms with Gasteiger partial charge in [0.2, 0.25) is 5.91 Å². The molecule has 30 heavy (non-hydrogen) atoms. The maximum Gasteiger partial charge on any atom is 0.287 e. The molecule has 1 heterocycles. The molecule has 0 aliphatic rings. The van der Waals surface area contributed by atoms with Crippen molar-refractivity contribution in [1.29, 1.82) is 0 Å². The van der Waals surface area contributed by atoms with E-state index in [1.165, 1.54) is 6.26 Å². The summed E-state index contributed by atoms with van der Waals surface area (Å²) in [6.45, 7) is 1.34. The Kier molecular flexibility index (Phi) is 7.66. The number of furan rings is 1. The van der Waals surface area contributed by atoms with Crippen LogP contribution in [-0.2, 0) is 11.2 Å². The molecule has 0 aliphatic heterocycles. The molecule has 3 aromatic rings. The van der Waals surface area contributed by atoms with E-state index < -0.39 is 11.9 Å². The number of nitrogens with one attached hydrogen (secondary N) is 2. The topological polar surface area (TPSA) is 74.6 Å². The molecule has 0 spiro atoms. The fraction of sp³-hybridized carbons (Fsp3) is 0.250. The highest BCUT2D eigenvalue weighted by atomic mass is 16.3. The molecule has 1 atom stereocenters. The molecule has 3 rings (SSSR count). The summed E-state index contributed by atoms with van der Waals surface area (Å²) in [7, 11) is 2.03. The average molecular weight is 405 g/mol. The first kappa shape index (κ1) is 21.2. The van der Waals surface area contributed by atoms with Crippen molar-refractivity contribution >= 4 is 17.5 Å². The van der Waals surface area contributed by atoms with Crippen LogP contribution in [0.1, 0.15) is 22.5 Å². The van der Waals surface area contributed by atoms with Crippen LogP contribution in [0.5, 0.6) is 0 Å². The molecule has 2 N–H and O–H groups in total. The lowest BCUT2D eigenvalue weighted by Gasteiger charge is -2.21. The van der Waals surface area contributed by atoms with Crippen LogP contribution in [0.4, 0.5) is 5.69 Å². The van der Waals surface area contributed by atoms with E-state index in [0.29, 0.717) is 13.0 Å². The van der Waals surface area contributed by atoms with Crippen molar-refractivity contribution in [1.82, 2.24) is 10.6 Å². The molecule has 2 amide bonds. The van der Waals surface area contributed by atoms with Gasteiger partial charge in [-0.05, 0) is 36.2 Å². The molecular weight excluding hydrogens is 378 g/mol. The quantitative estimate of drug-likeness (QED) is 0.508. The molecule has 0 aliphatic carbocycles. The van der Waals surface area contributed by atoms with Crippen LogP contribution in [0.2, 0.25) is 0 Å². The Hall–Kier alpha value is -3.54. The first-order valence-electron chi connectivity index (χ1n) is 10.1. The van der Waals surface area contributed by atoms with Crippen molar-refractivity contribution in [2.24, 2.45) is 0 Å². The molecule has 0 bridgehead atoms. The summed E-state index contributed by atoms with van der Waals surface area (Å²) in [6.07, 6.45) is 2.63. The normalized spacial score (nSPS) is 11.5. The molecule has 1 unspecified atom stereocenters. The summed E-state index contributed by atoms with van der Waals surface area (Å²) in [4.78, 5) is 27.3. The van der Waals surface area contributed by atoms with E-state index in [2.05, 4.69) is 27.7 Å². The van der Waals surface area contributed by atoms with E-state index in [4.69, 9.17) is 4.42 Å². The van der Waals surface area contributed by atoms with Gasteiger partial charge in [0.25, 0.3) is 5.91 Å². The van der Waals surface area contributed by atoms with Crippen LogP contribution in [-0.4, -0.2) is 38.0 Å². The first-order valence-corrected chi connectivity index (χ1v) is 10.1. The molecule has 156 valence electrons. The Morgan fingerprint density at radius 3 is 2.33 bits per heavy atom. The molecule has 1 aromatic heterocycles. The second kappa shape index (κ2) is 10.9. The standard InChI is InChI=1S/C24H27N3O3/c1-27(20-12-6-3-7-13-20)16-9-15-25-23(28)21(18-19-10-4-2-5-11-19)26-24(29)22-14-8-17-30-22/h2-8,10-14,17,21H,9,15-16,18H2,1H3,(H,25,28)(H,26,29). The zero-order valence-corrected chi connectivity index (χ0v) is 17.1. The van der Waals surface area contributed by atoms with Crippen molar-refractivity contribution < 1.29 is 14.0 Å². The second-order valence-electron chi connectivity index (χ2n) is 7.09. The lowest BCUT2D eigenvalue weighted by atomic mass is 10.0. The fourth-order valence-electron chi connectivity index (χ4n) is 3.16. The third kappa shape index (κ3) is 6.24. The Morgan fingerprint density at radius 2 is 1.67 bits per heavy atom. The van der Waals surface area contributed by atoms with Gasteiger partial charge in [0, 0.05) is 32.2 Å². The lowest BCUT2D eigenvalue weighted by Crippen LogP contribution is -2.48. The van der Waals surface area contributed by atoms with Gasteiger partial charge in [-0.1, -0.05) is 48.5 Å². The Morgan fingerprint density at radius 1 is 0.967 bits per heavy atom. The minimum atomic E-state index is -0.683. The molecule has 0 saturated carbocycles. The summed E-state index contributed by atoms with van der Waals surface area (Å²) in [5.74, 6) is -0.425. The zero-order valence-electron chi connectivity index (χ0n) is 17.1. The molecule has 6 heteroatoms. The Bertz CT molecular complexity index is 911. The molecule has 0 fully saturated rings. The van der Waals surface area contributed by atoms with Gasteiger partial charge < -0.3 is 20.0 Å². The SMILES string of the molecule is CN(CCCNC(=O)C(Cc1ccccc1)NC(=O)c1ccco1)c1ccccc1. The van der Waals surface area contributed by atoms with Gasteiger partial charge in [-0.2, -0.15) is 0 Å². The van der Waals surface area contributed by atoms with E-state index in [1.54, 1.807) is 12.1 Å². The second-order valence-corrected chi connectivity index (χ2v) is 7.09. The number of hydrogen-bond acceptors (Lipinski definition) is 4. The van der Waals surface area contributed by atoms with Gasteiger partial charge in [-0.3, -0.25) is 9.59 Å². The van der Waals surface area contributed by atoms with E-state index in [0.717, 1.165) is 24.2 Å². The number of amides is 2. The average Bonchev–Trinajstić information content (AvgIpc) is 3.32. The van der Waals surface area contributed by atoms with Crippen molar-refractivity contribution in [2.75, 3.05) is 25.0 Å². The zero-order chi connectivity index (χ0) is 21.2. The first-order chi connectivity index (χ1) is 14.6. The monoisotopic (exact) mass is 405 g/mol. The maximum atomic E-state index is 12.8. The highest BCUT2D eigenvalue weighted by molar-refractivity contribution is 5.95. The van der Waals surface area contributed by atoms with Crippen molar-refractivity contribution in [3.05, 3.63) is 90.4 Å². The minimum Gasteiger partial charge on any atom is -0.459 e. The van der Waals surface area contributed by atoms with Gasteiger partial charge >= 0.3 is 0 Å². The van der Waals surface area contributed by atoms with Gasteiger partial charge in [0.1, 0.15) is 6.04 Å². The van der Waals surface area contributed by atoms with Crippen LogP contribution >= 0.6 is 0 Å². The Labute approximate surface area is 176 Å². The molecule has 6 nitrogen and oxygen atoms in total. The predicted octanol–water partition coefficient (Wildman–Crippen LogP) is 3.26. The summed E-state index contributed by atoms with van der Waals surface area (Å²) < 4.78 is 5.14. The van der Waals surface area contributed by atoms with Crippen LogP contribution in [0.25, 0.3) is 0 Å². The number of nitrogens with zero attached hydrogens (tertiary/aromatic N) is 1. The number of benzene rings is 2. The third-order valence-electron chi connectivity index (χ3n) is 4.82. The number of carbonyl (C=O) groups is 2. The fourth-order valence-corrected chi connectivity index (χ4v) is 3.16. The van der Waals surface area contributed by atoms with Crippen molar-refractivity contribution in [2.45, 2.75) is 18.9 Å². The highest BCUT2D eigenvalue weighted by Crippen LogP contribution is 2.11. The van der Waals surface area contributed by atoms with Gasteiger partial charge in [0.05, 0.1) is 6.26 Å². The smallest absolute Gasteiger partial charge is 0.287 e. The predicted molar refractivity (Wildman–Crippen MR) is 117 cm³/mol. The van der Waals surface area contributed by atoms with Crippen LogP contribution in [0.15, 0.2) is 83.5 Å². The summed E-state index contributed by atoms with van der Waals surface area (Å²) in [5, 5.41) is 5.74. The van der Waals surface area contributed by atoms with Gasteiger partial charge in [0.15, 0.2) is 5.76 Å². The summed E-state index contributed by atoms with van der Waals surface area (Å²) in [5.41, 5.74) is 2.11. The number of anilines is 1. The molecule has 2 aromatic carbocycles. The van der Waals surface area contributed by atoms with Crippen LogP contribution in [0, 0.1) is 0 Å². The van der Waals surface area contributed by atoms with Gasteiger partial charge in [-0.15, -0.1) is 0 Å². The summed E-state index contributed by atoms with van der Waals surface area (Å²) in [6, 6.07) is 22.3. The number of rotatable bonds is 10. The largest absolute Gasteiger partial charge is 0.459 e. The molecule has 0 radical (unpaired) electrons. The minimum absolute atomic E-state index is 0.186. The summed E-state index contributed by atoms with van der Waals surface area (Å²) >= 11 is 0. The molecule has 0 saturated heterocycles. The van der Waals surface area contributed by atoms with Gasteiger partial charge in [-0.25, -0.2) is 0 Å². The van der Waals surface area contributed by atoms with E-state index in [1.807, 2.05) is 55.6 Å². The number of carbonyl (C=O) groups excluding carboxylic acids is 2. The van der Waals surface area contributed by atoms with E-state index in [9.17, 15) is 9.59 Å². The maximum absolute atomic E-state index is 12.8. The number of hydrogen-bond donors (Lipinski definition) is 2. The highest BCUT2D eigenvalue weighted by Gasteiger charge is 2.22. The van der Waals surface area contributed by atoms with E-state index in [-0.39, 0.29) is 11.7 Å². The van der Waals surface area contributed by atoms with Crippen LogP contribution < -0.4 is 15.5 Å². The van der Waals surface area contributed by atoms with Crippen molar-refractivity contribution in [3.63, 3.8) is 0 Å². The number of para-hydroxylation sites is 1. The lowest BCUT2D eigenvalue weighted by molar-refractivity contribution is -0.122. The molecular formula is C24H27N3O3.